The normalized spacial score (nSPS) is 18.6. The van der Waals surface area contributed by atoms with Crippen LogP contribution in [0.2, 0.25) is 5.02 Å². The van der Waals surface area contributed by atoms with E-state index in [0.717, 1.165) is 30.5 Å². The van der Waals surface area contributed by atoms with Gasteiger partial charge in [0.1, 0.15) is 5.78 Å². The average Bonchev–Trinajstić information content (AvgIpc) is 2.62. The molecule has 3 rings (SSSR count). The van der Waals surface area contributed by atoms with E-state index in [9.17, 15) is 14.9 Å². The number of nitro groups is 1. The quantitative estimate of drug-likeness (QED) is 0.591. The molecule has 0 radical (unpaired) electrons. The lowest BCUT2D eigenvalue weighted by molar-refractivity contribution is -0.384. The molecular weight excluding hydrogens is 340 g/mol. The van der Waals surface area contributed by atoms with Crippen LogP contribution >= 0.6 is 11.6 Å². The number of nitro benzene ring substituents is 1. The summed E-state index contributed by atoms with van der Waals surface area (Å²) in [7, 11) is 0. The van der Waals surface area contributed by atoms with Crippen molar-refractivity contribution in [1.82, 2.24) is 0 Å². The minimum absolute atomic E-state index is 0.0453. The van der Waals surface area contributed by atoms with Crippen molar-refractivity contribution in [2.45, 2.75) is 31.7 Å². The van der Waals surface area contributed by atoms with Crippen LogP contribution < -0.4 is 5.32 Å². The summed E-state index contributed by atoms with van der Waals surface area (Å²) in [5, 5.41) is 14.9. The summed E-state index contributed by atoms with van der Waals surface area (Å²) in [5.41, 5.74) is 1.79. The first-order chi connectivity index (χ1) is 12.0. The van der Waals surface area contributed by atoms with Crippen LogP contribution in [0.4, 0.5) is 11.4 Å². The lowest BCUT2D eigenvalue weighted by Gasteiger charge is -2.31. The Morgan fingerprint density at radius 3 is 2.36 bits per heavy atom. The van der Waals surface area contributed by atoms with E-state index >= 15 is 0 Å². The van der Waals surface area contributed by atoms with Crippen molar-refractivity contribution in [1.29, 1.82) is 0 Å². The van der Waals surface area contributed by atoms with Crippen molar-refractivity contribution in [3.63, 3.8) is 0 Å². The van der Waals surface area contributed by atoms with E-state index in [1.165, 1.54) is 12.1 Å². The SMILES string of the molecule is O=C1CCCC[C@@H]1[C@H](Nc1ccc(Cl)cc1)c1ccc([N+](=O)[O-])cc1. The lowest BCUT2D eigenvalue weighted by Crippen LogP contribution is -2.30. The molecule has 1 saturated carbocycles. The van der Waals surface area contributed by atoms with Gasteiger partial charge in [-0.25, -0.2) is 0 Å². The van der Waals surface area contributed by atoms with Gasteiger partial charge in [-0.1, -0.05) is 30.2 Å². The van der Waals surface area contributed by atoms with Crippen LogP contribution in [0.25, 0.3) is 0 Å². The van der Waals surface area contributed by atoms with E-state index in [1.807, 2.05) is 12.1 Å². The Morgan fingerprint density at radius 2 is 1.76 bits per heavy atom. The molecule has 1 fully saturated rings. The molecule has 5 nitrogen and oxygen atoms in total. The molecule has 6 heteroatoms. The van der Waals surface area contributed by atoms with Gasteiger partial charge in [0.15, 0.2) is 0 Å². The van der Waals surface area contributed by atoms with Gasteiger partial charge in [0, 0.05) is 35.2 Å². The molecule has 0 saturated heterocycles. The molecule has 1 N–H and O–H groups in total. The highest BCUT2D eigenvalue weighted by Gasteiger charge is 2.31. The summed E-state index contributed by atoms with van der Waals surface area (Å²) < 4.78 is 0. The number of nitrogens with one attached hydrogen (secondary N) is 1. The number of anilines is 1. The van der Waals surface area contributed by atoms with Crippen LogP contribution in [0.3, 0.4) is 0 Å². The van der Waals surface area contributed by atoms with Crippen LogP contribution in [0, 0.1) is 16.0 Å². The highest BCUT2D eigenvalue weighted by molar-refractivity contribution is 6.30. The van der Waals surface area contributed by atoms with E-state index in [1.54, 1.807) is 24.3 Å². The third kappa shape index (κ3) is 4.17. The zero-order valence-corrected chi connectivity index (χ0v) is 14.4. The average molecular weight is 359 g/mol. The van der Waals surface area contributed by atoms with Crippen molar-refractivity contribution in [3.8, 4) is 0 Å². The maximum absolute atomic E-state index is 12.5. The van der Waals surface area contributed by atoms with Gasteiger partial charge in [-0.3, -0.25) is 14.9 Å². The molecule has 2 aromatic carbocycles. The largest absolute Gasteiger partial charge is 0.378 e. The van der Waals surface area contributed by atoms with Gasteiger partial charge >= 0.3 is 0 Å². The fraction of sp³-hybridized carbons (Fsp3) is 0.316. The van der Waals surface area contributed by atoms with E-state index < -0.39 is 4.92 Å². The Hall–Kier alpha value is -2.40. The second-order valence-electron chi connectivity index (χ2n) is 6.30. The Bertz CT molecular complexity index is 759. The molecule has 25 heavy (non-hydrogen) atoms. The van der Waals surface area contributed by atoms with Crippen molar-refractivity contribution < 1.29 is 9.72 Å². The predicted molar refractivity (Wildman–Crippen MR) is 97.9 cm³/mol. The summed E-state index contributed by atoms with van der Waals surface area (Å²) in [6.45, 7) is 0. The number of carbonyl (C=O) groups excluding carboxylic acids is 1. The number of halogens is 1. The number of hydrogen-bond donors (Lipinski definition) is 1. The number of carbonyl (C=O) groups is 1. The summed E-state index contributed by atoms with van der Waals surface area (Å²) in [6, 6.07) is 13.5. The summed E-state index contributed by atoms with van der Waals surface area (Å²) >= 11 is 5.94. The van der Waals surface area contributed by atoms with E-state index in [4.69, 9.17) is 11.6 Å². The fourth-order valence-corrected chi connectivity index (χ4v) is 3.43. The van der Waals surface area contributed by atoms with Gasteiger partial charge in [-0.15, -0.1) is 0 Å². The van der Waals surface area contributed by atoms with E-state index in [-0.39, 0.29) is 23.4 Å². The standard InChI is InChI=1S/C19H19ClN2O3/c20-14-7-9-15(10-8-14)21-19(17-3-1-2-4-18(17)23)13-5-11-16(12-6-13)22(24)25/h5-12,17,19,21H,1-4H2/t17-,19+/m0/s1. The van der Waals surface area contributed by atoms with Crippen molar-refractivity contribution in [2.24, 2.45) is 5.92 Å². The van der Waals surface area contributed by atoms with Gasteiger partial charge in [-0.05, 0) is 42.7 Å². The van der Waals surface area contributed by atoms with Gasteiger partial charge in [-0.2, -0.15) is 0 Å². The highest BCUT2D eigenvalue weighted by Crippen LogP contribution is 2.35. The number of ketones is 1. The third-order valence-corrected chi connectivity index (χ3v) is 4.89. The predicted octanol–water partition coefficient (Wildman–Crippen LogP) is 5.16. The van der Waals surface area contributed by atoms with Crippen LogP contribution in [0.1, 0.15) is 37.3 Å². The maximum atomic E-state index is 12.5. The second-order valence-corrected chi connectivity index (χ2v) is 6.73. The summed E-state index contributed by atoms with van der Waals surface area (Å²) in [6.07, 6.45) is 3.36. The number of Topliss-reactive ketones (excluding diaryl/α,β-unsaturated/α-hetero) is 1. The van der Waals surface area contributed by atoms with Crippen LogP contribution in [-0.4, -0.2) is 10.7 Å². The molecule has 0 aliphatic heterocycles. The molecule has 130 valence electrons. The Labute approximate surface area is 151 Å². The Kier molecular flexibility index (Phi) is 5.34. The van der Waals surface area contributed by atoms with Crippen molar-refractivity contribution in [3.05, 3.63) is 69.2 Å². The fourth-order valence-electron chi connectivity index (χ4n) is 3.31. The van der Waals surface area contributed by atoms with E-state index in [0.29, 0.717) is 11.4 Å². The zero-order chi connectivity index (χ0) is 17.8. The van der Waals surface area contributed by atoms with Gasteiger partial charge in [0.25, 0.3) is 5.69 Å². The number of nitrogens with zero attached hydrogens (tertiary/aromatic N) is 1. The minimum atomic E-state index is -0.419. The van der Waals surface area contributed by atoms with Crippen LogP contribution in [0.5, 0.6) is 0 Å². The molecule has 1 aliphatic carbocycles. The Morgan fingerprint density at radius 1 is 1.08 bits per heavy atom. The smallest absolute Gasteiger partial charge is 0.269 e. The molecule has 2 atom stereocenters. The zero-order valence-electron chi connectivity index (χ0n) is 13.7. The van der Waals surface area contributed by atoms with Crippen LogP contribution in [-0.2, 0) is 4.79 Å². The van der Waals surface area contributed by atoms with Gasteiger partial charge in [0.05, 0.1) is 11.0 Å². The summed E-state index contributed by atoms with van der Waals surface area (Å²) in [4.78, 5) is 22.9. The molecule has 0 spiro atoms. The molecule has 0 heterocycles. The first-order valence-electron chi connectivity index (χ1n) is 8.34. The molecular formula is C19H19ClN2O3. The number of benzene rings is 2. The maximum Gasteiger partial charge on any atom is 0.269 e. The van der Waals surface area contributed by atoms with Crippen molar-refractivity contribution >= 4 is 28.8 Å². The molecule has 0 aromatic heterocycles. The van der Waals surface area contributed by atoms with E-state index in [2.05, 4.69) is 5.32 Å². The second kappa shape index (κ2) is 7.66. The van der Waals surface area contributed by atoms with Gasteiger partial charge < -0.3 is 5.32 Å². The first-order valence-corrected chi connectivity index (χ1v) is 8.71. The number of non-ortho nitro benzene ring substituents is 1. The molecule has 0 bridgehead atoms. The summed E-state index contributed by atoms with van der Waals surface area (Å²) in [5.74, 6) is 0.113. The lowest BCUT2D eigenvalue weighted by atomic mass is 9.80. The minimum Gasteiger partial charge on any atom is -0.378 e. The molecule has 0 unspecified atom stereocenters. The Balaban J connectivity index is 1.91. The van der Waals surface area contributed by atoms with Crippen LogP contribution in [0.15, 0.2) is 48.5 Å². The first kappa shape index (κ1) is 17.4. The van der Waals surface area contributed by atoms with Crippen molar-refractivity contribution in [2.75, 3.05) is 5.32 Å². The molecule has 2 aromatic rings. The topological polar surface area (TPSA) is 72.2 Å². The number of rotatable bonds is 5. The number of hydrogen-bond acceptors (Lipinski definition) is 4. The molecule has 0 amide bonds. The van der Waals surface area contributed by atoms with Gasteiger partial charge in [0.2, 0.25) is 0 Å². The highest BCUT2D eigenvalue weighted by atomic mass is 35.5. The molecule has 1 aliphatic rings. The monoisotopic (exact) mass is 358 g/mol. The third-order valence-electron chi connectivity index (χ3n) is 4.63.